The van der Waals surface area contributed by atoms with Gasteiger partial charge in [0.2, 0.25) is 11.8 Å². The number of amides is 2. The molecule has 5 nitrogen and oxygen atoms in total. The van der Waals surface area contributed by atoms with E-state index in [1.54, 1.807) is 11.9 Å². The Morgan fingerprint density at radius 2 is 1.70 bits per heavy atom. The van der Waals surface area contributed by atoms with Crippen LogP contribution in [0.15, 0.2) is 30.3 Å². The standard InChI is InChI=1S/C15H23N3O2/c1-4-18(5-2)13(19)11-17(3)15(20)14(16)12-9-7-6-8-10-12/h6-10,14H,4-5,11,16H2,1-3H3. The molecule has 0 fully saturated rings. The molecule has 110 valence electrons. The number of likely N-dealkylation sites (N-methyl/N-ethyl adjacent to an activating group) is 2. The second-order valence-corrected chi connectivity index (χ2v) is 4.65. The third kappa shape index (κ3) is 4.06. The van der Waals surface area contributed by atoms with Gasteiger partial charge >= 0.3 is 0 Å². The van der Waals surface area contributed by atoms with Gasteiger partial charge in [-0.3, -0.25) is 9.59 Å². The highest BCUT2D eigenvalue weighted by atomic mass is 16.2. The highest BCUT2D eigenvalue weighted by Crippen LogP contribution is 2.12. The lowest BCUT2D eigenvalue weighted by Crippen LogP contribution is -2.43. The van der Waals surface area contributed by atoms with Crippen molar-refractivity contribution in [2.75, 3.05) is 26.7 Å². The topological polar surface area (TPSA) is 66.6 Å². The maximum atomic E-state index is 12.2. The average molecular weight is 277 g/mol. The maximum absolute atomic E-state index is 12.2. The third-order valence-corrected chi connectivity index (χ3v) is 3.29. The van der Waals surface area contributed by atoms with E-state index >= 15 is 0 Å². The van der Waals surface area contributed by atoms with Gasteiger partial charge in [0.15, 0.2) is 0 Å². The summed E-state index contributed by atoms with van der Waals surface area (Å²) in [6, 6.07) is 8.43. The van der Waals surface area contributed by atoms with Gasteiger partial charge in [0.1, 0.15) is 6.04 Å². The smallest absolute Gasteiger partial charge is 0.244 e. The van der Waals surface area contributed by atoms with Gasteiger partial charge in [-0.05, 0) is 19.4 Å². The monoisotopic (exact) mass is 277 g/mol. The van der Waals surface area contributed by atoms with E-state index in [0.29, 0.717) is 13.1 Å². The molecule has 1 unspecified atom stereocenters. The molecule has 1 aromatic carbocycles. The molecular formula is C15H23N3O2. The van der Waals surface area contributed by atoms with Crippen molar-refractivity contribution < 1.29 is 9.59 Å². The third-order valence-electron chi connectivity index (χ3n) is 3.29. The molecule has 0 heterocycles. The zero-order chi connectivity index (χ0) is 15.1. The molecule has 20 heavy (non-hydrogen) atoms. The van der Waals surface area contributed by atoms with E-state index in [4.69, 9.17) is 5.73 Å². The molecule has 0 aromatic heterocycles. The lowest BCUT2D eigenvalue weighted by atomic mass is 10.1. The molecule has 0 aliphatic rings. The van der Waals surface area contributed by atoms with Crippen LogP contribution in [0.5, 0.6) is 0 Å². The number of nitrogens with zero attached hydrogens (tertiary/aromatic N) is 2. The number of carbonyl (C=O) groups is 2. The van der Waals surface area contributed by atoms with Crippen molar-refractivity contribution in [3.63, 3.8) is 0 Å². The lowest BCUT2D eigenvalue weighted by molar-refractivity contribution is -0.140. The van der Waals surface area contributed by atoms with Crippen LogP contribution in [0.2, 0.25) is 0 Å². The summed E-state index contributed by atoms with van der Waals surface area (Å²) in [6.45, 7) is 5.17. The second-order valence-electron chi connectivity index (χ2n) is 4.65. The Balaban J connectivity index is 2.65. The molecule has 0 saturated heterocycles. The largest absolute Gasteiger partial charge is 0.342 e. The van der Waals surface area contributed by atoms with Gasteiger partial charge in [-0.2, -0.15) is 0 Å². The Morgan fingerprint density at radius 1 is 1.15 bits per heavy atom. The summed E-state index contributed by atoms with van der Waals surface area (Å²) in [5.41, 5.74) is 6.69. The first-order valence-corrected chi connectivity index (χ1v) is 6.84. The van der Waals surface area contributed by atoms with Crippen LogP contribution in [0.1, 0.15) is 25.5 Å². The Kier molecular flexibility index (Phi) is 6.18. The number of carbonyl (C=O) groups excluding carboxylic acids is 2. The van der Waals surface area contributed by atoms with Crippen molar-refractivity contribution in [3.05, 3.63) is 35.9 Å². The summed E-state index contributed by atoms with van der Waals surface area (Å²) in [5.74, 6) is -0.317. The Labute approximate surface area is 120 Å². The van der Waals surface area contributed by atoms with E-state index in [0.717, 1.165) is 5.56 Å². The molecule has 0 bridgehead atoms. The molecule has 2 amide bonds. The lowest BCUT2D eigenvalue weighted by Gasteiger charge is -2.25. The van der Waals surface area contributed by atoms with Crippen LogP contribution in [0.3, 0.4) is 0 Å². The minimum atomic E-state index is -0.731. The highest BCUT2D eigenvalue weighted by molar-refractivity contribution is 5.88. The number of nitrogens with two attached hydrogens (primary N) is 1. The molecule has 0 spiro atoms. The molecule has 1 atom stereocenters. The maximum Gasteiger partial charge on any atom is 0.244 e. The predicted molar refractivity (Wildman–Crippen MR) is 78.9 cm³/mol. The van der Waals surface area contributed by atoms with Crippen molar-refractivity contribution >= 4 is 11.8 Å². The summed E-state index contributed by atoms with van der Waals surface area (Å²) in [4.78, 5) is 27.3. The first kappa shape index (κ1) is 16.2. The van der Waals surface area contributed by atoms with Crippen LogP contribution in [0.4, 0.5) is 0 Å². The first-order valence-electron chi connectivity index (χ1n) is 6.84. The van der Waals surface area contributed by atoms with Crippen LogP contribution in [0.25, 0.3) is 0 Å². The summed E-state index contributed by atoms with van der Waals surface area (Å²) >= 11 is 0. The molecule has 0 aliphatic carbocycles. The Morgan fingerprint density at radius 3 is 2.20 bits per heavy atom. The number of benzene rings is 1. The number of rotatable bonds is 6. The quantitative estimate of drug-likeness (QED) is 0.844. The van der Waals surface area contributed by atoms with Crippen molar-refractivity contribution in [2.45, 2.75) is 19.9 Å². The highest BCUT2D eigenvalue weighted by Gasteiger charge is 2.22. The fourth-order valence-corrected chi connectivity index (χ4v) is 2.00. The number of hydrogen-bond donors (Lipinski definition) is 1. The molecule has 1 rings (SSSR count). The fraction of sp³-hybridized carbons (Fsp3) is 0.467. The molecule has 0 aliphatic heterocycles. The zero-order valence-corrected chi connectivity index (χ0v) is 12.4. The molecule has 1 aromatic rings. The SMILES string of the molecule is CCN(CC)C(=O)CN(C)C(=O)C(N)c1ccccc1. The molecule has 5 heteroatoms. The van der Waals surface area contributed by atoms with Gasteiger partial charge in [0, 0.05) is 20.1 Å². The minimum Gasteiger partial charge on any atom is -0.342 e. The Hall–Kier alpha value is -1.88. The van der Waals surface area contributed by atoms with Gasteiger partial charge in [0.25, 0.3) is 0 Å². The van der Waals surface area contributed by atoms with Crippen molar-refractivity contribution in [1.29, 1.82) is 0 Å². The summed E-state index contributed by atoms with van der Waals surface area (Å²) in [6.07, 6.45) is 0. The van der Waals surface area contributed by atoms with E-state index in [9.17, 15) is 9.59 Å². The normalized spacial score (nSPS) is 11.8. The van der Waals surface area contributed by atoms with Gasteiger partial charge in [-0.15, -0.1) is 0 Å². The molecular weight excluding hydrogens is 254 g/mol. The van der Waals surface area contributed by atoms with Crippen molar-refractivity contribution in [2.24, 2.45) is 5.73 Å². The summed E-state index contributed by atoms with van der Waals surface area (Å²) in [7, 11) is 1.60. The first-order chi connectivity index (χ1) is 9.51. The van der Waals surface area contributed by atoms with Gasteiger partial charge in [-0.25, -0.2) is 0 Å². The fourth-order valence-electron chi connectivity index (χ4n) is 2.00. The van der Waals surface area contributed by atoms with E-state index in [2.05, 4.69) is 0 Å². The van der Waals surface area contributed by atoms with E-state index in [1.165, 1.54) is 4.90 Å². The van der Waals surface area contributed by atoms with Crippen LogP contribution in [0, 0.1) is 0 Å². The van der Waals surface area contributed by atoms with Gasteiger partial charge in [0.05, 0.1) is 6.54 Å². The predicted octanol–water partition coefficient (Wildman–Crippen LogP) is 1.01. The van der Waals surface area contributed by atoms with Crippen LogP contribution < -0.4 is 5.73 Å². The zero-order valence-electron chi connectivity index (χ0n) is 12.4. The van der Waals surface area contributed by atoms with E-state index in [-0.39, 0.29) is 18.4 Å². The van der Waals surface area contributed by atoms with Crippen molar-refractivity contribution in [1.82, 2.24) is 9.80 Å². The summed E-state index contributed by atoms with van der Waals surface area (Å²) < 4.78 is 0. The van der Waals surface area contributed by atoms with E-state index < -0.39 is 6.04 Å². The van der Waals surface area contributed by atoms with Gasteiger partial charge in [-0.1, -0.05) is 30.3 Å². The number of hydrogen-bond acceptors (Lipinski definition) is 3. The second kappa shape index (κ2) is 7.65. The molecule has 0 radical (unpaired) electrons. The Bertz CT molecular complexity index is 444. The van der Waals surface area contributed by atoms with Crippen LogP contribution in [-0.4, -0.2) is 48.3 Å². The molecule has 0 saturated carbocycles. The summed E-state index contributed by atoms with van der Waals surface area (Å²) in [5, 5.41) is 0. The molecule has 2 N–H and O–H groups in total. The van der Waals surface area contributed by atoms with Crippen LogP contribution >= 0.6 is 0 Å². The van der Waals surface area contributed by atoms with Gasteiger partial charge < -0.3 is 15.5 Å². The van der Waals surface area contributed by atoms with Crippen LogP contribution in [-0.2, 0) is 9.59 Å². The minimum absolute atomic E-state index is 0.0566. The average Bonchev–Trinajstić information content (AvgIpc) is 2.47. The van der Waals surface area contributed by atoms with E-state index in [1.807, 2.05) is 44.2 Å². The van der Waals surface area contributed by atoms with Crippen molar-refractivity contribution in [3.8, 4) is 0 Å².